The van der Waals surface area contributed by atoms with Crippen molar-refractivity contribution in [2.45, 2.75) is 31.5 Å². The summed E-state index contributed by atoms with van der Waals surface area (Å²) >= 11 is 0. The standard InChI is InChI=1S/C14H16F2N4O/c15-11-3-1-9(5-12(11)16)13(21)6-17-10-2-4-14-18-8-19-20(14)7-10/h1,3,5,8,10,13,17,21H,2,4,6-7H2/t10-,13-/m1/s1. The zero-order valence-electron chi connectivity index (χ0n) is 11.3. The van der Waals surface area contributed by atoms with Crippen molar-refractivity contribution < 1.29 is 13.9 Å². The molecule has 0 fully saturated rings. The number of halogens is 2. The summed E-state index contributed by atoms with van der Waals surface area (Å²) in [6, 6.07) is 3.62. The van der Waals surface area contributed by atoms with Gasteiger partial charge in [0.25, 0.3) is 0 Å². The molecule has 7 heteroatoms. The van der Waals surface area contributed by atoms with Crippen molar-refractivity contribution >= 4 is 0 Å². The molecule has 0 saturated carbocycles. The van der Waals surface area contributed by atoms with Gasteiger partial charge in [0.05, 0.1) is 12.6 Å². The van der Waals surface area contributed by atoms with E-state index >= 15 is 0 Å². The van der Waals surface area contributed by atoms with Crippen molar-refractivity contribution in [1.29, 1.82) is 0 Å². The Morgan fingerprint density at radius 2 is 2.24 bits per heavy atom. The third-order valence-electron chi connectivity index (χ3n) is 3.73. The zero-order valence-corrected chi connectivity index (χ0v) is 11.3. The average molecular weight is 294 g/mol. The van der Waals surface area contributed by atoms with E-state index in [1.54, 1.807) is 0 Å². The first kappa shape index (κ1) is 14.1. The maximum Gasteiger partial charge on any atom is 0.159 e. The lowest BCUT2D eigenvalue weighted by Gasteiger charge is -2.25. The van der Waals surface area contributed by atoms with Crippen molar-refractivity contribution in [3.05, 3.63) is 47.5 Å². The Morgan fingerprint density at radius 3 is 3.05 bits per heavy atom. The number of rotatable bonds is 4. The van der Waals surface area contributed by atoms with Crippen LogP contribution in [-0.2, 0) is 13.0 Å². The summed E-state index contributed by atoms with van der Waals surface area (Å²) in [5.41, 5.74) is 0.360. The first-order chi connectivity index (χ1) is 10.1. The molecule has 112 valence electrons. The summed E-state index contributed by atoms with van der Waals surface area (Å²) in [4.78, 5) is 4.15. The third-order valence-corrected chi connectivity index (χ3v) is 3.73. The van der Waals surface area contributed by atoms with Gasteiger partial charge in [-0.25, -0.2) is 18.4 Å². The number of aromatic nitrogens is 3. The Morgan fingerprint density at radius 1 is 1.38 bits per heavy atom. The van der Waals surface area contributed by atoms with E-state index in [0.717, 1.165) is 30.8 Å². The molecule has 5 nitrogen and oxygen atoms in total. The number of hydrogen-bond acceptors (Lipinski definition) is 4. The Hall–Kier alpha value is -1.86. The van der Waals surface area contributed by atoms with E-state index in [2.05, 4.69) is 15.4 Å². The lowest BCUT2D eigenvalue weighted by molar-refractivity contribution is 0.164. The Kier molecular flexibility index (Phi) is 3.94. The van der Waals surface area contributed by atoms with E-state index in [4.69, 9.17) is 0 Å². The summed E-state index contributed by atoms with van der Waals surface area (Å²) < 4.78 is 27.8. The fourth-order valence-electron chi connectivity index (χ4n) is 2.52. The van der Waals surface area contributed by atoms with Gasteiger partial charge in [0, 0.05) is 19.0 Å². The maximum absolute atomic E-state index is 13.1. The third kappa shape index (κ3) is 3.08. The predicted octanol–water partition coefficient (Wildman–Crippen LogP) is 1.19. The molecular weight excluding hydrogens is 278 g/mol. The van der Waals surface area contributed by atoms with Gasteiger partial charge >= 0.3 is 0 Å². The fourth-order valence-corrected chi connectivity index (χ4v) is 2.52. The molecule has 0 radical (unpaired) electrons. The Labute approximate surface area is 120 Å². The van der Waals surface area contributed by atoms with Crippen LogP contribution in [0.1, 0.15) is 23.9 Å². The van der Waals surface area contributed by atoms with E-state index < -0.39 is 17.7 Å². The van der Waals surface area contributed by atoms with Gasteiger partial charge in [0.1, 0.15) is 12.2 Å². The van der Waals surface area contributed by atoms with Gasteiger partial charge in [-0.2, -0.15) is 5.10 Å². The molecule has 21 heavy (non-hydrogen) atoms. The second kappa shape index (κ2) is 5.87. The summed E-state index contributed by atoms with van der Waals surface area (Å²) in [5, 5.41) is 17.4. The van der Waals surface area contributed by atoms with Crippen molar-refractivity contribution in [3.63, 3.8) is 0 Å². The van der Waals surface area contributed by atoms with Gasteiger partial charge in [0.2, 0.25) is 0 Å². The molecule has 0 spiro atoms. The van der Waals surface area contributed by atoms with Gasteiger partial charge < -0.3 is 10.4 Å². The second-order valence-corrected chi connectivity index (χ2v) is 5.19. The van der Waals surface area contributed by atoms with Crippen LogP contribution in [-0.4, -0.2) is 32.5 Å². The molecule has 1 aromatic heterocycles. The van der Waals surface area contributed by atoms with E-state index in [0.29, 0.717) is 12.1 Å². The number of nitrogens with one attached hydrogen (secondary N) is 1. The van der Waals surface area contributed by atoms with Crippen LogP contribution in [0.25, 0.3) is 0 Å². The molecule has 2 N–H and O–H groups in total. The number of hydrogen-bond donors (Lipinski definition) is 2. The minimum atomic E-state index is -0.948. The zero-order chi connectivity index (χ0) is 14.8. The number of benzene rings is 1. The number of aliphatic hydroxyl groups is 1. The van der Waals surface area contributed by atoms with Crippen LogP contribution >= 0.6 is 0 Å². The normalized spacial score (nSPS) is 19.3. The first-order valence-corrected chi connectivity index (χ1v) is 6.86. The van der Waals surface area contributed by atoms with Gasteiger partial charge in [-0.15, -0.1) is 0 Å². The van der Waals surface area contributed by atoms with Crippen LogP contribution in [0, 0.1) is 11.6 Å². The molecule has 2 aromatic rings. The average Bonchev–Trinajstić information content (AvgIpc) is 2.95. The van der Waals surface area contributed by atoms with E-state index in [-0.39, 0.29) is 12.6 Å². The molecule has 0 bridgehead atoms. The molecule has 0 amide bonds. The second-order valence-electron chi connectivity index (χ2n) is 5.19. The minimum absolute atomic E-state index is 0.180. The molecule has 1 aliphatic heterocycles. The quantitative estimate of drug-likeness (QED) is 0.889. The lowest BCUT2D eigenvalue weighted by Crippen LogP contribution is -2.39. The minimum Gasteiger partial charge on any atom is -0.387 e. The molecule has 2 heterocycles. The predicted molar refractivity (Wildman–Crippen MR) is 71.5 cm³/mol. The van der Waals surface area contributed by atoms with Crippen LogP contribution in [0.4, 0.5) is 8.78 Å². The lowest BCUT2D eigenvalue weighted by atomic mass is 10.1. The molecule has 3 rings (SSSR count). The van der Waals surface area contributed by atoms with Gasteiger partial charge in [0.15, 0.2) is 11.6 Å². The van der Waals surface area contributed by atoms with E-state index in [1.807, 2.05) is 4.68 Å². The maximum atomic E-state index is 13.1. The molecule has 1 aromatic carbocycles. The molecule has 0 aliphatic carbocycles. The van der Waals surface area contributed by atoms with Crippen molar-refractivity contribution in [2.75, 3.05) is 6.54 Å². The van der Waals surface area contributed by atoms with Crippen molar-refractivity contribution in [1.82, 2.24) is 20.1 Å². The van der Waals surface area contributed by atoms with Crippen LogP contribution in [0.3, 0.4) is 0 Å². The van der Waals surface area contributed by atoms with Crippen molar-refractivity contribution in [3.8, 4) is 0 Å². The Balaban J connectivity index is 1.56. The highest BCUT2D eigenvalue weighted by atomic mass is 19.2. The molecular formula is C14H16F2N4O. The topological polar surface area (TPSA) is 63.0 Å². The van der Waals surface area contributed by atoms with Crippen LogP contribution in [0.15, 0.2) is 24.5 Å². The van der Waals surface area contributed by atoms with Crippen molar-refractivity contribution in [2.24, 2.45) is 0 Å². The fraction of sp³-hybridized carbons (Fsp3) is 0.429. The number of nitrogens with zero attached hydrogens (tertiary/aromatic N) is 3. The van der Waals surface area contributed by atoms with Crippen LogP contribution in [0.2, 0.25) is 0 Å². The summed E-state index contributed by atoms with van der Waals surface area (Å²) in [5.74, 6) is -0.893. The SMILES string of the molecule is O[C@H](CN[C@@H]1CCc2ncnn2C1)c1ccc(F)c(F)c1. The smallest absolute Gasteiger partial charge is 0.159 e. The van der Waals surface area contributed by atoms with E-state index in [1.165, 1.54) is 12.4 Å². The molecule has 0 saturated heterocycles. The number of fused-ring (bicyclic) bond motifs is 1. The number of aliphatic hydroxyl groups excluding tert-OH is 1. The van der Waals surface area contributed by atoms with E-state index in [9.17, 15) is 13.9 Å². The molecule has 1 aliphatic rings. The highest BCUT2D eigenvalue weighted by Gasteiger charge is 2.20. The van der Waals surface area contributed by atoms with Gasteiger partial charge in [-0.1, -0.05) is 6.07 Å². The van der Waals surface area contributed by atoms with Gasteiger partial charge in [-0.05, 0) is 24.1 Å². The summed E-state index contributed by atoms with van der Waals surface area (Å²) in [6.07, 6.45) is 2.40. The Bertz CT molecular complexity index is 631. The summed E-state index contributed by atoms with van der Waals surface area (Å²) in [7, 11) is 0. The molecule has 0 unspecified atom stereocenters. The van der Waals surface area contributed by atoms with Crippen LogP contribution in [0.5, 0.6) is 0 Å². The highest BCUT2D eigenvalue weighted by Crippen LogP contribution is 2.17. The molecule has 2 atom stereocenters. The first-order valence-electron chi connectivity index (χ1n) is 6.86. The van der Waals surface area contributed by atoms with Gasteiger partial charge in [-0.3, -0.25) is 0 Å². The number of aryl methyl sites for hydroxylation is 1. The van der Waals surface area contributed by atoms with Crippen LogP contribution < -0.4 is 5.32 Å². The summed E-state index contributed by atoms with van der Waals surface area (Å²) in [6.45, 7) is 0.972. The monoisotopic (exact) mass is 294 g/mol. The highest BCUT2D eigenvalue weighted by molar-refractivity contribution is 5.20. The largest absolute Gasteiger partial charge is 0.387 e.